The normalized spacial score (nSPS) is 22.3. The molecule has 1 N–H and O–H groups in total. The number of nitrogens with one attached hydrogen (secondary N) is 1. The van der Waals surface area contributed by atoms with Gasteiger partial charge in [0.1, 0.15) is 0 Å². The van der Waals surface area contributed by atoms with Crippen LogP contribution in [0.4, 0.5) is 0 Å². The number of benzene rings is 1. The van der Waals surface area contributed by atoms with E-state index in [4.69, 9.17) is 0 Å². The molecule has 0 amide bonds. The van der Waals surface area contributed by atoms with Crippen molar-refractivity contribution in [2.24, 2.45) is 5.92 Å². The predicted octanol–water partition coefficient (Wildman–Crippen LogP) is 3.51. The predicted molar refractivity (Wildman–Crippen MR) is 75.4 cm³/mol. The number of rotatable bonds is 5. The lowest BCUT2D eigenvalue weighted by atomic mass is 10.1. The van der Waals surface area contributed by atoms with Gasteiger partial charge in [-0.15, -0.1) is 0 Å². The van der Waals surface area contributed by atoms with Gasteiger partial charge in [-0.2, -0.15) is 0 Å². The number of hydrogen-bond acceptors (Lipinski definition) is 2. The van der Waals surface area contributed by atoms with Crippen molar-refractivity contribution in [1.29, 1.82) is 0 Å². The van der Waals surface area contributed by atoms with E-state index in [2.05, 4.69) is 41.5 Å². The Bertz CT molecular complexity index is 535. The van der Waals surface area contributed by atoms with E-state index in [0.29, 0.717) is 0 Å². The van der Waals surface area contributed by atoms with E-state index in [1.54, 1.807) is 0 Å². The van der Waals surface area contributed by atoms with Crippen molar-refractivity contribution in [3.63, 3.8) is 0 Å². The molecule has 2 atom stereocenters. The van der Waals surface area contributed by atoms with Gasteiger partial charge < -0.3 is 5.32 Å². The molecule has 0 bridgehead atoms. The highest BCUT2D eigenvalue weighted by Crippen LogP contribution is 2.34. The van der Waals surface area contributed by atoms with E-state index in [1.807, 2.05) is 12.3 Å². The Kier molecular flexibility index (Phi) is 3.28. The second-order valence-corrected chi connectivity index (χ2v) is 5.31. The number of hydrogen-bond donors (Lipinski definition) is 1. The molecule has 1 aromatic carbocycles. The van der Waals surface area contributed by atoms with Crippen molar-refractivity contribution >= 4 is 10.9 Å². The summed E-state index contributed by atoms with van der Waals surface area (Å²) in [6.07, 6.45) is 6.02. The largest absolute Gasteiger partial charge is 0.310 e. The molecule has 3 rings (SSSR count). The van der Waals surface area contributed by atoms with E-state index in [9.17, 15) is 0 Å². The topological polar surface area (TPSA) is 24.9 Å². The number of para-hydroxylation sites is 1. The highest BCUT2D eigenvalue weighted by atomic mass is 15.0. The quantitative estimate of drug-likeness (QED) is 0.865. The molecule has 94 valence electrons. The van der Waals surface area contributed by atoms with Crippen LogP contribution in [0, 0.1) is 5.92 Å². The molecule has 0 radical (unpaired) electrons. The van der Waals surface area contributed by atoms with Gasteiger partial charge in [0.2, 0.25) is 0 Å². The lowest BCUT2D eigenvalue weighted by molar-refractivity contribution is 0.599. The molecular weight excluding hydrogens is 220 g/mol. The molecule has 0 aliphatic heterocycles. The summed E-state index contributed by atoms with van der Waals surface area (Å²) in [5.74, 6) is 0.920. The fraction of sp³-hybridized carbons (Fsp3) is 0.438. The second kappa shape index (κ2) is 5.07. The molecule has 0 spiro atoms. The van der Waals surface area contributed by atoms with Crippen molar-refractivity contribution < 1.29 is 0 Å². The fourth-order valence-electron chi connectivity index (χ4n) is 2.65. The standard InChI is InChI=1S/C16H20N2/c1-2-5-13-9-16(13)18-11-12-8-14-6-3-4-7-15(14)17-10-12/h3-4,6-8,10,13,16,18H,2,5,9,11H2,1H3. The third kappa shape index (κ3) is 2.54. The molecule has 1 aromatic heterocycles. The Balaban J connectivity index is 1.61. The minimum Gasteiger partial charge on any atom is -0.310 e. The molecule has 0 saturated heterocycles. The molecular formula is C16H20N2. The minimum absolute atomic E-state index is 0.747. The lowest BCUT2D eigenvalue weighted by Gasteiger charge is -2.05. The third-order valence-corrected chi connectivity index (χ3v) is 3.80. The van der Waals surface area contributed by atoms with Crippen molar-refractivity contribution in [3.05, 3.63) is 42.1 Å². The Morgan fingerprint density at radius 1 is 1.33 bits per heavy atom. The van der Waals surface area contributed by atoms with Crippen molar-refractivity contribution in [2.45, 2.75) is 38.8 Å². The monoisotopic (exact) mass is 240 g/mol. The first kappa shape index (κ1) is 11.7. The Morgan fingerprint density at radius 2 is 2.22 bits per heavy atom. The summed E-state index contributed by atoms with van der Waals surface area (Å²) in [6, 6.07) is 11.3. The fourth-order valence-corrected chi connectivity index (χ4v) is 2.65. The van der Waals surface area contributed by atoms with E-state index < -0.39 is 0 Å². The maximum atomic E-state index is 4.49. The molecule has 1 heterocycles. The molecule has 2 unspecified atom stereocenters. The van der Waals surface area contributed by atoms with Crippen molar-refractivity contribution in [1.82, 2.24) is 10.3 Å². The lowest BCUT2D eigenvalue weighted by Crippen LogP contribution is -2.17. The maximum Gasteiger partial charge on any atom is 0.0702 e. The first-order chi connectivity index (χ1) is 8.86. The van der Waals surface area contributed by atoms with Crippen LogP contribution in [0.25, 0.3) is 10.9 Å². The first-order valence-electron chi connectivity index (χ1n) is 6.94. The number of pyridine rings is 1. The van der Waals surface area contributed by atoms with Crippen LogP contribution < -0.4 is 5.32 Å². The summed E-state index contributed by atoms with van der Waals surface area (Å²) < 4.78 is 0. The highest BCUT2D eigenvalue weighted by molar-refractivity contribution is 5.78. The van der Waals surface area contributed by atoms with Gasteiger partial charge in [-0.1, -0.05) is 31.5 Å². The molecule has 2 nitrogen and oxygen atoms in total. The summed E-state index contributed by atoms with van der Waals surface area (Å²) in [7, 11) is 0. The summed E-state index contributed by atoms with van der Waals surface area (Å²) in [5, 5.41) is 4.87. The van der Waals surface area contributed by atoms with Gasteiger partial charge in [0, 0.05) is 24.2 Å². The summed E-state index contributed by atoms with van der Waals surface area (Å²) in [5.41, 5.74) is 2.37. The van der Waals surface area contributed by atoms with Gasteiger partial charge in [-0.05, 0) is 36.5 Å². The minimum atomic E-state index is 0.747. The maximum absolute atomic E-state index is 4.49. The van der Waals surface area contributed by atoms with Crippen LogP contribution in [0.3, 0.4) is 0 Å². The number of nitrogens with zero attached hydrogens (tertiary/aromatic N) is 1. The summed E-state index contributed by atoms with van der Waals surface area (Å²) >= 11 is 0. The Hall–Kier alpha value is -1.41. The molecule has 1 fully saturated rings. The first-order valence-corrected chi connectivity index (χ1v) is 6.94. The van der Waals surface area contributed by atoms with Gasteiger partial charge in [0.15, 0.2) is 0 Å². The molecule has 1 aliphatic rings. The van der Waals surface area contributed by atoms with Crippen LogP contribution in [0.2, 0.25) is 0 Å². The van der Waals surface area contributed by atoms with Gasteiger partial charge in [0.05, 0.1) is 5.52 Å². The van der Waals surface area contributed by atoms with Gasteiger partial charge in [-0.25, -0.2) is 0 Å². The van der Waals surface area contributed by atoms with Crippen LogP contribution in [0.1, 0.15) is 31.7 Å². The zero-order valence-electron chi connectivity index (χ0n) is 10.9. The average molecular weight is 240 g/mol. The van der Waals surface area contributed by atoms with Crippen molar-refractivity contribution in [3.8, 4) is 0 Å². The number of aromatic nitrogens is 1. The van der Waals surface area contributed by atoms with Crippen molar-refractivity contribution in [2.75, 3.05) is 0 Å². The molecule has 1 aliphatic carbocycles. The number of fused-ring (bicyclic) bond motifs is 1. The van der Waals surface area contributed by atoms with Crippen LogP contribution in [0.15, 0.2) is 36.5 Å². The van der Waals surface area contributed by atoms with E-state index in [1.165, 1.54) is 30.2 Å². The second-order valence-electron chi connectivity index (χ2n) is 5.31. The average Bonchev–Trinajstić information content (AvgIpc) is 3.15. The van der Waals surface area contributed by atoms with Gasteiger partial charge in [0.25, 0.3) is 0 Å². The van der Waals surface area contributed by atoms with E-state index in [0.717, 1.165) is 24.0 Å². The van der Waals surface area contributed by atoms with Crippen LogP contribution in [-0.2, 0) is 6.54 Å². The molecule has 2 aromatic rings. The van der Waals surface area contributed by atoms with Crippen LogP contribution in [-0.4, -0.2) is 11.0 Å². The molecule has 1 saturated carbocycles. The van der Waals surface area contributed by atoms with Gasteiger partial charge >= 0.3 is 0 Å². The SMILES string of the molecule is CCCC1CC1NCc1cnc2ccccc2c1. The van der Waals surface area contributed by atoms with Crippen LogP contribution >= 0.6 is 0 Å². The summed E-state index contributed by atoms with van der Waals surface area (Å²) in [6.45, 7) is 3.21. The molecule has 18 heavy (non-hydrogen) atoms. The smallest absolute Gasteiger partial charge is 0.0702 e. The summed E-state index contributed by atoms with van der Waals surface area (Å²) in [4.78, 5) is 4.49. The van der Waals surface area contributed by atoms with Gasteiger partial charge in [-0.3, -0.25) is 4.98 Å². The van der Waals surface area contributed by atoms with Crippen LogP contribution in [0.5, 0.6) is 0 Å². The zero-order valence-corrected chi connectivity index (χ0v) is 10.9. The van der Waals surface area contributed by atoms with E-state index >= 15 is 0 Å². The Labute approximate surface area is 108 Å². The van der Waals surface area contributed by atoms with E-state index in [-0.39, 0.29) is 0 Å². The molecule has 2 heteroatoms. The zero-order chi connectivity index (χ0) is 12.4. The Morgan fingerprint density at radius 3 is 3.11 bits per heavy atom. The third-order valence-electron chi connectivity index (χ3n) is 3.80. The highest BCUT2D eigenvalue weighted by Gasteiger charge is 2.35.